The van der Waals surface area contributed by atoms with Crippen LogP contribution in [0.1, 0.15) is 25.7 Å². The Morgan fingerprint density at radius 2 is 2.20 bits per heavy atom. The molecular weight excluding hydrogens is 250 g/mol. The Labute approximate surface area is 119 Å². The zero-order valence-corrected chi connectivity index (χ0v) is 11.7. The summed E-state index contributed by atoms with van der Waals surface area (Å²) in [6.45, 7) is 3.39. The third-order valence-electron chi connectivity index (χ3n) is 4.35. The van der Waals surface area contributed by atoms with Crippen LogP contribution in [0.2, 0.25) is 0 Å². The molecule has 5 heteroatoms. The van der Waals surface area contributed by atoms with E-state index >= 15 is 0 Å². The molecule has 1 aliphatic carbocycles. The fourth-order valence-corrected chi connectivity index (χ4v) is 3.03. The lowest BCUT2D eigenvalue weighted by Gasteiger charge is -2.27. The molecule has 2 aromatic rings. The maximum Gasteiger partial charge on any atom is 0.157 e. The molecule has 1 atom stereocenters. The van der Waals surface area contributed by atoms with Gasteiger partial charge in [-0.05, 0) is 44.2 Å². The third kappa shape index (κ3) is 2.50. The van der Waals surface area contributed by atoms with Crippen LogP contribution in [0.25, 0.3) is 5.65 Å². The summed E-state index contributed by atoms with van der Waals surface area (Å²) in [6.07, 6.45) is 9.16. The highest BCUT2D eigenvalue weighted by Gasteiger charge is 2.27. The van der Waals surface area contributed by atoms with Crippen LogP contribution >= 0.6 is 0 Å². The number of aromatic nitrogens is 3. The van der Waals surface area contributed by atoms with Gasteiger partial charge in [0.15, 0.2) is 5.65 Å². The summed E-state index contributed by atoms with van der Waals surface area (Å²) < 4.78 is 1.83. The minimum absolute atomic E-state index is 0.622. The van der Waals surface area contributed by atoms with Crippen LogP contribution < -0.4 is 10.2 Å². The molecule has 1 unspecified atom stereocenters. The van der Waals surface area contributed by atoms with Crippen molar-refractivity contribution in [3.63, 3.8) is 0 Å². The van der Waals surface area contributed by atoms with Gasteiger partial charge in [0.25, 0.3) is 0 Å². The van der Waals surface area contributed by atoms with Gasteiger partial charge in [-0.3, -0.25) is 0 Å². The lowest BCUT2D eigenvalue weighted by atomic mass is 10.2. The van der Waals surface area contributed by atoms with Crippen LogP contribution in [-0.4, -0.2) is 40.3 Å². The predicted molar refractivity (Wildman–Crippen MR) is 78.9 cm³/mol. The Kier molecular flexibility index (Phi) is 3.07. The van der Waals surface area contributed by atoms with Gasteiger partial charge in [0.2, 0.25) is 0 Å². The van der Waals surface area contributed by atoms with Gasteiger partial charge in [-0.15, -0.1) is 0 Å². The molecule has 0 bridgehead atoms. The van der Waals surface area contributed by atoms with E-state index in [0.29, 0.717) is 6.04 Å². The van der Waals surface area contributed by atoms with Crippen molar-refractivity contribution >= 4 is 11.5 Å². The smallest absolute Gasteiger partial charge is 0.157 e. The molecule has 2 aliphatic rings. The molecule has 3 heterocycles. The number of anilines is 1. The van der Waals surface area contributed by atoms with Crippen LogP contribution in [0.5, 0.6) is 0 Å². The quantitative estimate of drug-likeness (QED) is 0.899. The van der Waals surface area contributed by atoms with E-state index in [1.54, 1.807) is 6.20 Å². The molecule has 2 aromatic heterocycles. The molecule has 1 N–H and O–H groups in total. The monoisotopic (exact) mass is 271 g/mol. The summed E-state index contributed by atoms with van der Waals surface area (Å²) in [5.74, 6) is 1.97. The Morgan fingerprint density at radius 3 is 3.00 bits per heavy atom. The largest absolute Gasteiger partial charge is 0.355 e. The molecule has 106 valence electrons. The van der Waals surface area contributed by atoms with E-state index < -0.39 is 0 Å². The van der Waals surface area contributed by atoms with E-state index in [2.05, 4.69) is 21.4 Å². The van der Waals surface area contributed by atoms with Gasteiger partial charge in [0.1, 0.15) is 5.82 Å². The summed E-state index contributed by atoms with van der Waals surface area (Å²) in [5, 5.41) is 7.81. The highest BCUT2D eigenvalue weighted by Crippen LogP contribution is 2.31. The van der Waals surface area contributed by atoms with Gasteiger partial charge in [-0.2, -0.15) is 5.10 Å². The summed E-state index contributed by atoms with van der Waals surface area (Å²) >= 11 is 0. The third-order valence-corrected chi connectivity index (χ3v) is 4.35. The minimum Gasteiger partial charge on any atom is -0.355 e. The van der Waals surface area contributed by atoms with Gasteiger partial charge in [0, 0.05) is 31.4 Å². The first-order valence-electron chi connectivity index (χ1n) is 7.67. The normalized spacial score (nSPS) is 22.5. The number of hydrogen-bond acceptors (Lipinski definition) is 4. The molecule has 5 nitrogen and oxygen atoms in total. The second kappa shape index (κ2) is 5.05. The Hall–Kier alpha value is -1.62. The first-order valence-corrected chi connectivity index (χ1v) is 7.67. The maximum atomic E-state index is 4.76. The lowest BCUT2D eigenvalue weighted by molar-refractivity contribution is 0.567. The standard InChI is InChI=1S/C15H21N5/c1-2-13(16-7-1)11-19(10-12-3-4-12)14-6-9-20-15(18-14)5-8-17-20/h5-6,8-9,12-13,16H,1-4,7,10-11H2. The minimum atomic E-state index is 0.622. The molecule has 1 saturated carbocycles. The van der Waals surface area contributed by atoms with E-state index in [4.69, 9.17) is 4.98 Å². The van der Waals surface area contributed by atoms with Crippen LogP contribution in [0.3, 0.4) is 0 Å². The maximum absolute atomic E-state index is 4.76. The number of rotatable bonds is 5. The number of hydrogen-bond donors (Lipinski definition) is 1. The first kappa shape index (κ1) is 12.1. The average molecular weight is 271 g/mol. The molecule has 4 rings (SSSR count). The summed E-state index contributed by atoms with van der Waals surface area (Å²) in [6, 6.07) is 4.68. The lowest BCUT2D eigenvalue weighted by Crippen LogP contribution is -2.39. The van der Waals surface area contributed by atoms with Crippen molar-refractivity contribution in [2.24, 2.45) is 5.92 Å². The summed E-state index contributed by atoms with van der Waals surface area (Å²) in [7, 11) is 0. The van der Waals surface area contributed by atoms with E-state index in [9.17, 15) is 0 Å². The predicted octanol–water partition coefficient (Wildman–Crippen LogP) is 1.70. The average Bonchev–Trinajstić information content (AvgIpc) is 2.95. The van der Waals surface area contributed by atoms with Crippen LogP contribution in [0.15, 0.2) is 24.5 Å². The Bertz CT molecular complexity index is 583. The summed E-state index contributed by atoms with van der Waals surface area (Å²) in [4.78, 5) is 7.22. The molecule has 1 saturated heterocycles. The van der Waals surface area contributed by atoms with Crippen molar-refractivity contribution < 1.29 is 0 Å². The molecular formula is C15H21N5. The van der Waals surface area contributed by atoms with Crippen molar-refractivity contribution in [2.45, 2.75) is 31.7 Å². The molecule has 0 radical (unpaired) electrons. The number of nitrogens with zero attached hydrogens (tertiary/aromatic N) is 4. The zero-order valence-electron chi connectivity index (χ0n) is 11.7. The number of fused-ring (bicyclic) bond motifs is 1. The molecule has 20 heavy (non-hydrogen) atoms. The van der Waals surface area contributed by atoms with Gasteiger partial charge < -0.3 is 10.2 Å². The van der Waals surface area contributed by atoms with Gasteiger partial charge in [-0.25, -0.2) is 9.50 Å². The second-order valence-corrected chi connectivity index (χ2v) is 6.06. The van der Waals surface area contributed by atoms with Gasteiger partial charge in [-0.1, -0.05) is 0 Å². The SMILES string of the molecule is c1cc2nc(N(CC3CC3)CC3CCCN3)ccn2n1. The first-order chi connectivity index (χ1) is 9.88. The van der Waals surface area contributed by atoms with E-state index in [-0.39, 0.29) is 0 Å². The van der Waals surface area contributed by atoms with Crippen molar-refractivity contribution in [3.8, 4) is 0 Å². The van der Waals surface area contributed by atoms with Gasteiger partial charge >= 0.3 is 0 Å². The topological polar surface area (TPSA) is 45.5 Å². The molecule has 0 amide bonds. The Balaban J connectivity index is 1.57. The molecule has 0 aromatic carbocycles. The number of nitrogens with one attached hydrogen (secondary N) is 1. The van der Waals surface area contributed by atoms with Crippen molar-refractivity contribution in [1.29, 1.82) is 0 Å². The van der Waals surface area contributed by atoms with Crippen molar-refractivity contribution in [1.82, 2.24) is 19.9 Å². The van der Waals surface area contributed by atoms with Crippen LogP contribution in [-0.2, 0) is 0 Å². The fourth-order valence-electron chi connectivity index (χ4n) is 3.03. The van der Waals surface area contributed by atoms with Crippen molar-refractivity contribution in [2.75, 3.05) is 24.5 Å². The van der Waals surface area contributed by atoms with Crippen LogP contribution in [0, 0.1) is 5.92 Å². The van der Waals surface area contributed by atoms with Gasteiger partial charge in [0.05, 0.1) is 6.20 Å². The molecule has 0 spiro atoms. The Morgan fingerprint density at radius 1 is 1.25 bits per heavy atom. The van der Waals surface area contributed by atoms with Crippen molar-refractivity contribution in [3.05, 3.63) is 24.5 Å². The van der Waals surface area contributed by atoms with E-state index in [0.717, 1.165) is 37.0 Å². The fraction of sp³-hybridized carbons (Fsp3) is 0.600. The van der Waals surface area contributed by atoms with E-state index in [1.165, 1.54) is 25.7 Å². The molecule has 2 fully saturated rings. The second-order valence-electron chi connectivity index (χ2n) is 6.06. The zero-order chi connectivity index (χ0) is 13.4. The van der Waals surface area contributed by atoms with E-state index in [1.807, 2.05) is 16.8 Å². The highest BCUT2D eigenvalue weighted by molar-refractivity contribution is 5.47. The highest BCUT2D eigenvalue weighted by atomic mass is 15.3. The molecule has 1 aliphatic heterocycles. The summed E-state index contributed by atoms with van der Waals surface area (Å²) in [5.41, 5.74) is 0.933. The van der Waals surface area contributed by atoms with Crippen LogP contribution in [0.4, 0.5) is 5.82 Å².